The van der Waals surface area contributed by atoms with Gasteiger partial charge in [-0.1, -0.05) is 0 Å². The first-order valence-electron chi connectivity index (χ1n) is 8.57. The number of ether oxygens (including phenoxy) is 3. The minimum Gasteiger partial charge on any atom is -0.487 e. The third-order valence-electron chi connectivity index (χ3n) is 3.93. The Bertz CT molecular complexity index is 834. The predicted octanol–water partition coefficient (Wildman–Crippen LogP) is 2.77. The number of fused-ring (bicyclic) bond motifs is 1. The molecule has 0 spiro atoms. The molecule has 1 aromatic heterocycles. The zero-order valence-corrected chi connectivity index (χ0v) is 14.9. The second-order valence-electron chi connectivity index (χ2n) is 6.14. The smallest absolute Gasteiger partial charge is 0.222 e. The second kappa shape index (κ2) is 7.61. The first kappa shape index (κ1) is 18.0. The topological polar surface area (TPSA) is 96.4 Å². The van der Waals surface area contributed by atoms with Gasteiger partial charge in [-0.15, -0.1) is 0 Å². The molecule has 2 aromatic rings. The fourth-order valence-electron chi connectivity index (χ4n) is 2.66. The van der Waals surface area contributed by atoms with Crippen molar-refractivity contribution in [3.8, 4) is 11.5 Å². The molecule has 3 N–H and O–H groups in total. The number of amides is 1. The summed E-state index contributed by atoms with van der Waals surface area (Å²) in [5, 5.41) is 11.4. The van der Waals surface area contributed by atoms with Crippen LogP contribution >= 0.6 is 0 Å². The van der Waals surface area contributed by atoms with E-state index in [0.717, 1.165) is 10.9 Å². The summed E-state index contributed by atoms with van der Waals surface area (Å²) in [4.78, 5) is 14.3. The third-order valence-corrected chi connectivity index (χ3v) is 3.93. The molecule has 1 heterocycles. The van der Waals surface area contributed by atoms with Gasteiger partial charge in [0.05, 0.1) is 13.0 Å². The molecule has 3 rings (SSSR count). The molecule has 0 bridgehead atoms. The number of hydrogen-bond donors (Lipinski definition) is 3. The van der Waals surface area contributed by atoms with Crippen molar-refractivity contribution in [1.29, 1.82) is 5.41 Å². The molecule has 0 radical (unpaired) electrons. The normalized spacial score (nSPS) is 14.2. The van der Waals surface area contributed by atoms with E-state index >= 15 is 0 Å². The van der Waals surface area contributed by atoms with Crippen molar-refractivity contribution in [2.75, 3.05) is 19.8 Å². The quantitative estimate of drug-likeness (QED) is 0.278. The first-order valence-corrected chi connectivity index (χ1v) is 8.57. The highest BCUT2D eigenvalue weighted by atomic mass is 16.5. The number of H-pyrrole nitrogens is 1. The first-order chi connectivity index (χ1) is 12.5. The minimum absolute atomic E-state index is 0.115. The molecule has 0 fully saturated rings. The molecule has 1 aliphatic carbocycles. The van der Waals surface area contributed by atoms with E-state index < -0.39 is 5.60 Å². The van der Waals surface area contributed by atoms with E-state index in [1.54, 1.807) is 0 Å². The van der Waals surface area contributed by atoms with Crippen molar-refractivity contribution in [2.24, 2.45) is 0 Å². The van der Waals surface area contributed by atoms with Crippen LogP contribution in [0.1, 0.15) is 20.3 Å². The molecule has 7 nitrogen and oxygen atoms in total. The largest absolute Gasteiger partial charge is 0.487 e. The minimum atomic E-state index is -0.693. The molecule has 7 heteroatoms. The summed E-state index contributed by atoms with van der Waals surface area (Å²) in [6, 6.07) is 5.76. The van der Waals surface area contributed by atoms with Crippen molar-refractivity contribution in [2.45, 2.75) is 25.9 Å². The summed E-state index contributed by atoms with van der Waals surface area (Å²) in [5.74, 6) is 1.05. The SMILES string of the molecule is CCOCCOc1cc2[nH]ccc2cc1OC1(CC(=N)NC(C)=O)C=C1. The van der Waals surface area contributed by atoms with E-state index in [1.807, 2.05) is 43.5 Å². The van der Waals surface area contributed by atoms with Crippen molar-refractivity contribution in [3.63, 3.8) is 0 Å². The van der Waals surface area contributed by atoms with E-state index in [0.29, 0.717) is 31.3 Å². The van der Waals surface area contributed by atoms with Crippen LogP contribution in [-0.2, 0) is 9.53 Å². The lowest BCUT2D eigenvalue weighted by Crippen LogP contribution is -2.34. The number of nitrogens with one attached hydrogen (secondary N) is 3. The van der Waals surface area contributed by atoms with Crippen molar-refractivity contribution in [1.82, 2.24) is 10.3 Å². The third kappa shape index (κ3) is 4.43. The fourth-order valence-corrected chi connectivity index (χ4v) is 2.66. The van der Waals surface area contributed by atoms with Gasteiger partial charge in [-0.2, -0.15) is 0 Å². The Balaban J connectivity index is 1.74. The number of carbonyl (C=O) groups excluding carboxylic acids is 1. The van der Waals surface area contributed by atoms with Gasteiger partial charge >= 0.3 is 0 Å². The molecule has 0 unspecified atom stereocenters. The Kier molecular flexibility index (Phi) is 5.27. The van der Waals surface area contributed by atoms with Gasteiger partial charge in [-0.25, -0.2) is 0 Å². The molecule has 26 heavy (non-hydrogen) atoms. The maximum Gasteiger partial charge on any atom is 0.222 e. The average molecular weight is 357 g/mol. The van der Waals surface area contributed by atoms with Gasteiger partial charge in [0, 0.05) is 36.7 Å². The Morgan fingerprint density at radius 1 is 1.27 bits per heavy atom. The van der Waals surface area contributed by atoms with Gasteiger partial charge in [-0.05, 0) is 31.2 Å². The lowest BCUT2D eigenvalue weighted by molar-refractivity contribution is -0.117. The van der Waals surface area contributed by atoms with Crippen LogP contribution < -0.4 is 14.8 Å². The monoisotopic (exact) mass is 357 g/mol. The van der Waals surface area contributed by atoms with Crippen LogP contribution in [0.2, 0.25) is 0 Å². The number of benzene rings is 1. The highest BCUT2D eigenvalue weighted by Crippen LogP contribution is 2.40. The maximum atomic E-state index is 11.1. The van der Waals surface area contributed by atoms with E-state index in [-0.39, 0.29) is 18.2 Å². The van der Waals surface area contributed by atoms with Crippen LogP contribution in [0.4, 0.5) is 0 Å². The Hall–Kier alpha value is -2.80. The number of aromatic amines is 1. The Labute approximate surface area is 151 Å². The molecule has 138 valence electrons. The number of hydrogen-bond acceptors (Lipinski definition) is 5. The van der Waals surface area contributed by atoms with Crippen molar-refractivity contribution in [3.05, 3.63) is 36.5 Å². The molecule has 0 saturated heterocycles. The van der Waals surface area contributed by atoms with E-state index in [1.165, 1.54) is 6.92 Å². The lowest BCUT2D eigenvalue weighted by Gasteiger charge is -2.21. The van der Waals surface area contributed by atoms with Crippen LogP contribution in [0.3, 0.4) is 0 Å². The van der Waals surface area contributed by atoms with Gasteiger partial charge in [-0.3, -0.25) is 10.2 Å². The van der Waals surface area contributed by atoms with Gasteiger partial charge in [0.1, 0.15) is 12.4 Å². The molecule has 1 amide bonds. The molecular weight excluding hydrogens is 334 g/mol. The van der Waals surface area contributed by atoms with Crippen LogP contribution in [0.25, 0.3) is 10.9 Å². The summed E-state index contributed by atoms with van der Waals surface area (Å²) in [6.07, 6.45) is 5.86. The molecule has 0 atom stereocenters. The molecular formula is C19H23N3O4. The summed E-state index contributed by atoms with van der Waals surface area (Å²) in [7, 11) is 0. The molecule has 1 aromatic carbocycles. The fraction of sp³-hybridized carbons (Fsp3) is 0.368. The van der Waals surface area contributed by atoms with Crippen LogP contribution in [0.5, 0.6) is 11.5 Å². The summed E-state index contributed by atoms with van der Waals surface area (Å²) < 4.78 is 17.3. The van der Waals surface area contributed by atoms with Gasteiger partial charge in [0.25, 0.3) is 0 Å². The van der Waals surface area contributed by atoms with Crippen molar-refractivity contribution < 1.29 is 19.0 Å². The van der Waals surface area contributed by atoms with E-state index in [2.05, 4.69) is 10.3 Å². The highest BCUT2D eigenvalue weighted by Gasteiger charge is 2.39. The second-order valence-corrected chi connectivity index (χ2v) is 6.14. The standard InChI is InChI=1S/C19H23N3O4/c1-3-24-8-9-25-16-11-15-14(4-7-21-15)10-17(16)26-19(5-6-19)12-18(20)22-13(2)23/h4-7,10-11,21H,3,8-9,12H2,1-2H3,(H2,20,22,23). The number of carbonyl (C=O) groups is 1. The van der Waals surface area contributed by atoms with E-state index in [4.69, 9.17) is 19.6 Å². The van der Waals surface area contributed by atoms with Gasteiger partial charge in [0.15, 0.2) is 17.1 Å². The van der Waals surface area contributed by atoms with Crippen LogP contribution in [0, 0.1) is 5.41 Å². The average Bonchev–Trinajstić information content (AvgIpc) is 3.16. The summed E-state index contributed by atoms with van der Waals surface area (Å²) in [5.41, 5.74) is 0.259. The number of amidine groups is 1. The number of rotatable bonds is 9. The van der Waals surface area contributed by atoms with Crippen molar-refractivity contribution >= 4 is 22.6 Å². The molecule has 0 saturated carbocycles. The zero-order valence-electron chi connectivity index (χ0n) is 14.9. The Morgan fingerprint density at radius 2 is 2.08 bits per heavy atom. The van der Waals surface area contributed by atoms with E-state index in [9.17, 15) is 4.79 Å². The van der Waals surface area contributed by atoms with Crippen LogP contribution in [0.15, 0.2) is 36.5 Å². The molecule has 0 aliphatic heterocycles. The van der Waals surface area contributed by atoms with Gasteiger partial charge in [0.2, 0.25) is 5.91 Å². The van der Waals surface area contributed by atoms with Crippen LogP contribution in [-0.4, -0.2) is 42.1 Å². The predicted molar refractivity (Wildman–Crippen MR) is 98.9 cm³/mol. The highest BCUT2D eigenvalue weighted by molar-refractivity contribution is 5.96. The lowest BCUT2D eigenvalue weighted by atomic mass is 10.1. The Morgan fingerprint density at radius 3 is 2.77 bits per heavy atom. The summed E-state index contributed by atoms with van der Waals surface area (Å²) in [6.45, 7) is 4.87. The maximum absolute atomic E-state index is 11.1. The van der Waals surface area contributed by atoms with Gasteiger partial charge < -0.3 is 24.5 Å². The zero-order chi connectivity index (χ0) is 18.6. The summed E-state index contributed by atoms with van der Waals surface area (Å²) >= 11 is 0. The number of aromatic nitrogens is 1. The molecule has 1 aliphatic rings.